The first kappa shape index (κ1) is 21.1. The van der Waals surface area contributed by atoms with Crippen LogP contribution in [-0.4, -0.2) is 8.80 Å². The molecule has 1 saturated carbocycles. The van der Waals surface area contributed by atoms with Gasteiger partial charge in [0.25, 0.3) is 0 Å². The Morgan fingerprint density at radius 2 is 1.67 bits per heavy atom. The summed E-state index contributed by atoms with van der Waals surface area (Å²) in [5, 5.41) is 0. The van der Waals surface area contributed by atoms with Crippen LogP contribution in [0.2, 0.25) is 18.1 Å². The van der Waals surface area contributed by atoms with Crippen LogP contribution >= 0.6 is 11.6 Å². The maximum absolute atomic E-state index is 13.5. The summed E-state index contributed by atoms with van der Waals surface area (Å²) in [5.41, 5.74) is 2.90. The molecule has 2 aliphatic rings. The minimum Gasteiger partial charge on any atom is -0.205 e. The summed E-state index contributed by atoms with van der Waals surface area (Å²) < 4.78 is 13.5. The van der Waals surface area contributed by atoms with Crippen LogP contribution in [0.4, 0.5) is 4.39 Å². The van der Waals surface area contributed by atoms with E-state index >= 15 is 0 Å². The summed E-state index contributed by atoms with van der Waals surface area (Å²) in [6.45, 7) is 2.37. The molecule has 1 aliphatic carbocycles. The highest BCUT2D eigenvalue weighted by Crippen LogP contribution is 2.41. The molecule has 2 fully saturated rings. The minimum absolute atomic E-state index is 0.324. The number of aryl methyl sites for hydroxylation is 1. The SMILES string of the molecule is CCC[Si@H]1CC[C@H](C2CCC(CCc3ccc(C(F)=CCl)cc3)CC2)CC1. The van der Waals surface area contributed by atoms with Crippen LogP contribution in [0, 0.1) is 17.8 Å². The first-order valence-electron chi connectivity index (χ1n) is 11.2. The Labute approximate surface area is 172 Å². The molecule has 3 heteroatoms. The van der Waals surface area contributed by atoms with E-state index in [1.807, 2.05) is 12.1 Å². The monoisotopic (exact) mass is 406 g/mol. The van der Waals surface area contributed by atoms with Gasteiger partial charge in [-0.2, -0.15) is 0 Å². The molecule has 150 valence electrons. The van der Waals surface area contributed by atoms with Gasteiger partial charge in [0.05, 0.1) is 0 Å². The lowest BCUT2D eigenvalue weighted by molar-refractivity contribution is 0.186. The molecule has 1 aliphatic heterocycles. The van der Waals surface area contributed by atoms with E-state index in [4.69, 9.17) is 11.6 Å². The van der Waals surface area contributed by atoms with Crippen molar-refractivity contribution >= 4 is 26.2 Å². The molecular formula is C24H36ClFSi. The molecule has 0 radical (unpaired) electrons. The lowest BCUT2D eigenvalue weighted by Gasteiger charge is -2.37. The summed E-state index contributed by atoms with van der Waals surface area (Å²) >= 11 is 5.44. The smallest absolute Gasteiger partial charge is 0.141 e. The molecule has 0 atom stereocenters. The van der Waals surface area contributed by atoms with E-state index in [-0.39, 0.29) is 14.6 Å². The second-order valence-corrected chi connectivity index (χ2v) is 12.7. The molecule has 0 amide bonds. The third-order valence-corrected chi connectivity index (χ3v) is 11.2. The number of rotatable bonds is 7. The molecule has 3 rings (SSSR count). The Balaban J connectivity index is 1.37. The molecule has 1 heterocycles. The van der Waals surface area contributed by atoms with E-state index < -0.39 is 0 Å². The average Bonchev–Trinajstić information content (AvgIpc) is 2.73. The van der Waals surface area contributed by atoms with Crippen LogP contribution in [0.25, 0.3) is 5.83 Å². The van der Waals surface area contributed by atoms with Crippen LogP contribution in [0.1, 0.15) is 69.4 Å². The van der Waals surface area contributed by atoms with E-state index in [2.05, 4.69) is 19.1 Å². The van der Waals surface area contributed by atoms with Gasteiger partial charge in [-0.05, 0) is 49.0 Å². The summed E-state index contributed by atoms with van der Waals surface area (Å²) in [6.07, 6.45) is 12.8. The fourth-order valence-electron chi connectivity index (χ4n) is 5.57. The summed E-state index contributed by atoms with van der Waals surface area (Å²) in [7, 11) is -0.324. The van der Waals surface area contributed by atoms with Gasteiger partial charge in [0.2, 0.25) is 0 Å². The minimum atomic E-state index is -0.354. The third kappa shape index (κ3) is 6.19. The van der Waals surface area contributed by atoms with Gasteiger partial charge in [0, 0.05) is 19.9 Å². The van der Waals surface area contributed by atoms with Crippen LogP contribution in [0.3, 0.4) is 0 Å². The molecule has 1 aromatic carbocycles. The maximum atomic E-state index is 13.5. The largest absolute Gasteiger partial charge is 0.205 e. The zero-order valence-corrected chi connectivity index (χ0v) is 18.8. The standard InChI is InChI=1S/C24H36ClFSi/c1-2-15-27-16-13-22(14-17-27)21-9-5-19(6-10-21)3-4-20-7-11-23(12-8-20)24(26)18-25/h7-8,11-12,18-19,21-22,27H,2-6,9-10,13-17H2,1H3/t19?,21?,22-,27-. The second-order valence-electron chi connectivity index (χ2n) is 9.04. The zero-order valence-electron chi connectivity index (χ0n) is 16.9. The molecule has 0 aromatic heterocycles. The van der Waals surface area contributed by atoms with Crippen molar-refractivity contribution in [2.24, 2.45) is 17.8 Å². The van der Waals surface area contributed by atoms with Gasteiger partial charge in [-0.1, -0.05) is 93.0 Å². The van der Waals surface area contributed by atoms with E-state index in [1.54, 1.807) is 31.0 Å². The Kier molecular flexibility index (Phi) is 8.45. The van der Waals surface area contributed by atoms with Crippen LogP contribution in [0.5, 0.6) is 0 Å². The van der Waals surface area contributed by atoms with Crippen molar-refractivity contribution in [1.82, 2.24) is 0 Å². The zero-order chi connectivity index (χ0) is 19.1. The Bertz CT molecular complexity index is 581. The third-order valence-electron chi connectivity index (χ3n) is 7.31. The fourth-order valence-corrected chi connectivity index (χ4v) is 9.18. The van der Waals surface area contributed by atoms with Crippen molar-refractivity contribution in [3.8, 4) is 0 Å². The van der Waals surface area contributed by atoms with E-state index in [1.165, 1.54) is 44.1 Å². The maximum Gasteiger partial charge on any atom is 0.141 e. The summed E-state index contributed by atoms with van der Waals surface area (Å²) in [5.74, 6) is 2.63. The van der Waals surface area contributed by atoms with Crippen molar-refractivity contribution < 1.29 is 4.39 Å². The number of benzene rings is 1. The molecule has 0 spiro atoms. The van der Waals surface area contributed by atoms with Gasteiger partial charge in [-0.25, -0.2) is 4.39 Å². The van der Waals surface area contributed by atoms with Crippen molar-refractivity contribution in [2.75, 3.05) is 0 Å². The van der Waals surface area contributed by atoms with E-state index in [9.17, 15) is 4.39 Å². The topological polar surface area (TPSA) is 0 Å². The number of hydrogen-bond donors (Lipinski definition) is 0. The highest BCUT2D eigenvalue weighted by molar-refractivity contribution is 6.58. The molecule has 0 unspecified atom stereocenters. The van der Waals surface area contributed by atoms with Gasteiger partial charge in [-0.3, -0.25) is 0 Å². The molecular weight excluding hydrogens is 371 g/mol. The van der Waals surface area contributed by atoms with Gasteiger partial charge in [0.1, 0.15) is 5.83 Å². The van der Waals surface area contributed by atoms with Gasteiger partial charge >= 0.3 is 0 Å². The number of hydrogen-bond acceptors (Lipinski definition) is 0. The van der Waals surface area contributed by atoms with Gasteiger partial charge in [0.15, 0.2) is 0 Å². The number of halogens is 2. The Morgan fingerprint density at radius 1 is 1.04 bits per heavy atom. The van der Waals surface area contributed by atoms with Crippen molar-refractivity contribution in [3.05, 3.63) is 40.9 Å². The van der Waals surface area contributed by atoms with Crippen LogP contribution in [0.15, 0.2) is 29.8 Å². The molecule has 0 nitrogen and oxygen atoms in total. The molecule has 1 saturated heterocycles. The lowest BCUT2D eigenvalue weighted by atomic mass is 9.73. The summed E-state index contributed by atoms with van der Waals surface area (Å²) in [6, 6.07) is 12.7. The fraction of sp³-hybridized carbons (Fsp3) is 0.667. The average molecular weight is 407 g/mol. The Hall–Kier alpha value is -0.603. The lowest BCUT2D eigenvalue weighted by Crippen LogP contribution is -2.28. The van der Waals surface area contributed by atoms with Gasteiger partial charge in [-0.15, -0.1) is 0 Å². The van der Waals surface area contributed by atoms with Crippen LogP contribution < -0.4 is 0 Å². The molecule has 27 heavy (non-hydrogen) atoms. The second kappa shape index (κ2) is 10.8. The highest BCUT2D eigenvalue weighted by Gasteiger charge is 2.30. The first-order chi connectivity index (χ1) is 13.2. The Morgan fingerprint density at radius 3 is 2.26 bits per heavy atom. The van der Waals surface area contributed by atoms with Crippen molar-refractivity contribution in [1.29, 1.82) is 0 Å². The predicted molar refractivity (Wildman–Crippen MR) is 120 cm³/mol. The van der Waals surface area contributed by atoms with Crippen molar-refractivity contribution in [2.45, 2.75) is 82.8 Å². The molecule has 1 aromatic rings. The summed E-state index contributed by atoms with van der Waals surface area (Å²) in [4.78, 5) is 0. The quantitative estimate of drug-likeness (QED) is 0.402. The van der Waals surface area contributed by atoms with Gasteiger partial charge < -0.3 is 0 Å². The first-order valence-corrected chi connectivity index (χ1v) is 14.1. The normalized spacial score (nSPS) is 29.7. The van der Waals surface area contributed by atoms with E-state index in [0.717, 1.165) is 29.7 Å². The predicted octanol–water partition coefficient (Wildman–Crippen LogP) is 7.98. The van der Waals surface area contributed by atoms with Crippen molar-refractivity contribution in [3.63, 3.8) is 0 Å². The van der Waals surface area contributed by atoms with E-state index in [0.29, 0.717) is 5.56 Å². The molecule has 0 N–H and O–H groups in total. The van der Waals surface area contributed by atoms with Crippen LogP contribution in [-0.2, 0) is 6.42 Å². The molecule has 0 bridgehead atoms. The highest BCUT2D eigenvalue weighted by atomic mass is 35.5.